The number of hydrogen-bond donors (Lipinski definition) is 2. The summed E-state index contributed by atoms with van der Waals surface area (Å²) in [7, 11) is 0. The van der Waals surface area contributed by atoms with Crippen LogP contribution in [0.5, 0.6) is 0 Å². The molecule has 100 valence electrons. The second-order valence-electron chi connectivity index (χ2n) is 3.85. The predicted molar refractivity (Wildman–Crippen MR) is 66.7 cm³/mol. The topological polar surface area (TPSA) is 67.4 Å². The van der Waals surface area contributed by atoms with Gasteiger partial charge in [-0.15, -0.1) is 0 Å². The molecule has 2 N–H and O–H groups in total. The summed E-state index contributed by atoms with van der Waals surface area (Å²) < 4.78 is 4.95. The molecule has 0 aliphatic carbocycles. The van der Waals surface area contributed by atoms with Gasteiger partial charge in [0.15, 0.2) is 0 Å². The van der Waals surface area contributed by atoms with Crippen LogP contribution in [0.3, 0.4) is 0 Å². The van der Waals surface area contributed by atoms with Gasteiger partial charge in [0.2, 0.25) is 5.91 Å². The van der Waals surface area contributed by atoms with Crippen molar-refractivity contribution in [3.8, 4) is 0 Å². The number of nitrogens with one attached hydrogen (secondary N) is 2. The van der Waals surface area contributed by atoms with Gasteiger partial charge in [0, 0.05) is 19.5 Å². The molecule has 17 heavy (non-hydrogen) atoms. The third kappa shape index (κ3) is 11.2. The summed E-state index contributed by atoms with van der Waals surface area (Å²) in [6.07, 6.45) is 3.23. The largest absolute Gasteiger partial charge is 0.465 e. The number of rotatable bonds is 10. The third-order valence-electron chi connectivity index (χ3n) is 2.13. The second-order valence-corrected chi connectivity index (χ2v) is 3.85. The molecule has 0 spiro atoms. The first-order valence-corrected chi connectivity index (χ1v) is 6.33. The summed E-state index contributed by atoms with van der Waals surface area (Å²) in [6, 6.07) is 0. The van der Waals surface area contributed by atoms with Gasteiger partial charge in [0.25, 0.3) is 0 Å². The Morgan fingerprint density at radius 2 is 1.88 bits per heavy atom. The van der Waals surface area contributed by atoms with E-state index >= 15 is 0 Å². The van der Waals surface area contributed by atoms with Crippen LogP contribution in [0.25, 0.3) is 0 Å². The molecule has 0 saturated heterocycles. The smallest absolute Gasteiger partial charge is 0.319 e. The average molecular weight is 244 g/mol. The molecular formula is C12H24N2O3. The summed E-state index contributed by atoms with van der Waals surface area (Å²) in [4.78, 5) is 22.3. The number of unbranched alkanes of at least 4 members (excludes halogenated alkanes) is 1. The Hall–Kier alpha value is -1.10. The number of amides is 1. The summed E-state index contributed by atoms with van der Waals surface area (Å²) in [5.41, 5.74) is 0. The van der Waals surface area contributed by atoms with Crippen molar-refractivity contribution in [3.63, 3.8) is 0 Å². The summed E-state index contributed by atoms with van der Waals surface area (Å²) in [5, 5.41) is 5.65. The molecular weight excluding hydrogens is 220 g/mol. The van der Waals surface area contributed by atoms with Gasteiger partial charge in [0.05, 0.1) is 13.2 Å². The zero-order chi connectivity index (χ0) is 12.9. The molecule has 0 aromatic carbocycles. The highest BCUT2D eigenvalue weighted by Crippen LogP contribution is 1.88. The molecule has 0 fully saturated rings. The van der Waals surface area contributed by atoms with Gasteiger partial charge >= 0.3 is 5.97 Å². The molecule has 0 saturated carbocycles. The summed E-state index contributed by atoms with van der Waals surface area (Å²) >= 11 is 0. The maximum absolute atomic E-state index is 11.2. The minimum atomic E-state index is -0.257. The van der Waals surface area contributed by atoms with Crippen LogP contribution in [0, 0.1) is 0 Å². The van der Waals surface area contributed by atoms with Crippen LogP contribution < -0.4 is 10.6 Å². The minimum absolute atomic E-state index is 0.0127. The van der Waals surface area contributed by atoms with E-state index in [-0.39, 0.29) is 18.4 Å². The van der Waals surface area contributed by atoms with Gasteiger partial charge in [-0.25, -0.2) is 0 Å². The zero-order valence-electron chi connectivity index (χ0n) is 10.9. The molecule has 5 heteroatoms. The standard InChI is InChI=1S/C12H24N2O3/c1-3-5-9-17-12(16)10-13-8-6-11(15)14-7-4-2/h13H,3-10H2,1-2H3,(H,14,15). The first-order valence-electron chi connectivity index (χ1n) is 6.33. The highest BCUT2D eigenvalue weighted by atomic mass is 16.5. The predicted octanol–water partition coefficient (Wildman–Crippen LogP) is 0.836. The SMILES string of the molecule is CCCCOC(=O)CNCCC(=O)NCCC. The lowest BCUT2D eigenvalue weighted by Crippen LogP contribution is -2.31. The molecule has 0 unspecified atom stereocenters. The van der Waals surface area contributed by atoms with E-state index in [4.69, 9.17) is 4.74 Å². The Morgan fingerprint density at radius 1 is 1.12 bits per heavy atom. The minimum Gasteiger partial charge on any atom is -0.465 e. The highest BCUT2D eigenvalue weighted by molar-refractivity contribution is 5.76. The van der Waals surface area contributed by atoms with Crippen LogP contribution in [0.4, 0.5) is 0 Å². The van der Waals surface area contributed by atoms with Crippen LogP contribution in [0.1, 0.15) is 39.5 Å². The molecule has 0 aliphatic rings. The fourth-order valence-corrected chi connectivity index (χ4v) is 1.13. The first-order chi connectivity index (χ1) is 8.20. The summed E-state index contributed by atoms with van der Waals surface area (Å²) in [5.74, 6) is -0.244. The van der Waals surface area contributed by atoms with E-state index in [9.17, 15) is 9.59 Å². The molecule has 0 aromatic rings. The van der Waals surface area contributed by atoms with Gasteiger partial charge in [-0.05, 0) is 12.8 Å². The third-order valence-corrected chi connectivity index (χ3v) is 2.13. The Morgan fingerprint density at radius 3 is 2.53 bits per heavy atom. The van der Waals surface area contributed by atoms with Crippen molar-refractivity contribution >= 4 is 11.9 Å². The second kappa shape index (κ2) is 11.4. The van der Waals surface area contributed by atoms with Crippen LogP contribution in [-0.4, -0.2) is 38.1 Å². The first kappa shape index (κ1) is 15.9. The lowest BCUT2D eigenvalue weighted by atomic mass is 10.3. The van der Waals surface area contributed by atoms with E-state index in [1.54, 1.807) is 0 Å². The molecule has 0 aliphatic heterocycles. The van der Waals surface area contributed by atoms with Crippen molar-refractivity contribution in [2.45, 2.75) is 39.5 Å². The van der Waals surface area contributed by atoms with Gasteiger partial charge in [0.1, 0.15) is 0 Å². The van der Waals surface area contributed by atoms with E-state index in [0.29, 0.717) is 26.1 Å². The van der Waals surface area contributed by atoms with Crippen LogP contribution in [0.15, 0.2) is 0 Å². The lowest BCUT2D eigenvalue weighted by molar-refractivity contribution is -0.142. The number of esters is 1. The maximum atomic E-state index is 11.2. The van der Waals surface area contributed by atoms with Crippen LogP contribution >= 0.6 is 0 Å². The fourth-order valence-electron chi connectivity index (χ4n) is 1.13. The lowest BCUT2D eigenvalue weighted by Gasteiger charge is -2.06. The molecule has 0 rings (SSSR count). The van der Waals surface area contributed by atoms with Crippen molar-refractivity contribution in [2.24, 2.45) is 0 Å². The normalized spacial score (nSPS) is 10.0. The van der Waals surface area contributed by atoms with Gasteiger partial charge in [-0.2, -0.15) is 0 Å². The van der Waals surface area contributed by atoms with E-state index < -0.39 is 0 Å². The number of carbonyl (C=O) groups excluding carboxylic acids is 2. The van der Waals surface area contributed by atoms with E-state index in [2.05, 4.69) is 10.6 Å². The maximum Gasteiger partial charge on any atom is 0.319 e. The molecule has 0 radical (unpaired) electrons. The van der Waals surface area contributed by atoms with Crippen molar-refractivity contribution in [1.29, 1.82) is 0 Å². The highest BCUT2D eigenvalue weighted by Gasteiger charge is 2.03. The van der Waals surface area contributed by atoms with Gasteiger partial charge < -0.3 is 15.4 Å². The Bertz CT molecular complexity index is 220. The van der Waals surface area contributed by atoms with Gasteiger partial charge in [-0.3, -0.25) is 9.59 Å². The Kier molecular flexibility index (Phi) is 10.7. The number of hydrogen-bond acceptors (Lipinski definition) is 4. The molecule has 5 nitrogen and oxygen atoms in total. The quantitative estimate of drug-likeness (QED) is 0.441. The van der Waals surface area contributed by atoms with Crippen LogP contribution in [-0.2, 0) is 14.3 Å². The molecule has 1 amide bonds. The monoisotopic (exact) mass is 244 g/mol. The van der Waals surface area contributed by atoms with E-state index in [1.165, 1.54) is 0 Å². The Balaban J connectivity index is 3.32. The van der Waals surface area contributed by atoms with E-state index in [0.717, 1.165) is 19.3 Å². The molecule has 0 aromatic heterocycles. The van der Waals surface area contributed by atoms with Crippen molar-refractivity contribution in [3.05, 3.63) is 0 Å². The zero-order valence-corrected chi connectivity index (χ0v) is 10.9. The van der Waals surface area contributed by atoms with Crippen molar-refractivity contribution in [1.82, 2.24) is 10.6 Å². The number of carbonyl (C=O) groups is 2. The summed E-state index contributed by atoms with van der Waals surface area (Å²) in [6.45, 7) is 5.90. The number of ether oxygens (including phenoxy) is 1. The molecule has 0 heterocycles. The van der Waals surface area contributed by atoms with Crippen molar-refractivity contribution < 1.29 is 14.3 Å². The fraction of sp³-hybridized carbons (Fsp3) is 0.833. The van der Waals surface area contributed by atoms with Crippen LogP contribution in [0.2, 0.25) is 0 Å². The average Bonchev–Trinajstić information content (AvgIpc) is 2.32. The van der Waals surface area contributed by atoms with Crippen molar-refractivity contribution in [2.75, 3.05) is 26.2 Å². The molecule has 0 atom stereocenters. The van der Waals surface area contributed by atoms with Gasteiger partial charge in [-0.1, -0.05) is 20.3 Å². The van der Waals surface area contributed by atoms with E-state index in [1.807, 2.05) is 13.8 Å². The molecule has 0 bridgehead atoms. The Labute approximate surface area is 103 Å².